The van der Waals surface area contributed by atoms with Crippen LogP contribution in [0.25, 0.3) is 0 Å². The molecule has 0 bridgehead atoms. The van der Waals surface area contributed by atoms with Crippen LogP contribution in [0.4, 0.5) is 5.82 Å². The Morgan fingerprint density at radius 1 is 1.11 bits per heavy atom. The van der Waals surface area contributed by atoms with Gasteiger partial charge in [0.2, 0.25) is 10.0 Å². The number of hydrogen-bond acceptors (Lipinski definition) is 6. The molecule has 1 aromatic carbocycles. The van der Waals surface area contributed by atoms with Crippen molar-refractivity contribution in [2.24, 2.45) is 0 Å². The molecule has 0 spiro atoms. The van der Waals surface area contributed by atoms with Gasteiger partial charge < -0.3 is 9.64 Å². The molecule has 7 nitrogen and oxygen atoms in total. The molecule has 8 heteroatoms. The van der Waals surface area contributed by atoms with Crippen LogP contribution in [0.5, 0.6) is 5.75 Å². The molecule has 146 valence electrons. The van der Waals surface area contributed by atoms with Crippen molar-refractivity contribution in [1.29, 1.82) is 0 Å². The molecule has 1 N–H and O–H groups in total. The Kier molecular flexibility index (Phi) is 6.30. The maximum absolute atomic E-state index is 12.5. The number of pyridine rings is 1. The van der Waals surface area contributed by atoms with Crippen LogP contribution >= 0.6 is 0 Å². The van der Waals surface area contributed by atoms with E-state index in [0.717, 1.165) is 32.0 Å². The highest BCUT2D eigenvalue weighted by molar-refractivity contribution is 7.89. The molecule has 3 rings (SSSR count). The van der Waals surface area contributed by atoms with Gasteiger partial charge in [-0.3, -0.25) is 4.90 Å². The third-order valence-electron chi connectivity index (χ3n) is 4.60. The predicted octanol–water partition coefficient (Wildman–Crippen LogP) is 1.58. The lowest BCUT2D eigenvalue weighted by Crippen LogP contribution is -2.51. The summed E-state index contributed by atoms with van der Waals surface area (Å²) in [6.07, 6.45) is 1.80. The van der Waals surface area contributed by atoms with Gasteiger partial charge in [-0.15, -0.1) is 0 Å². The molecule has 2 heterocycles. The first-order valence-electron chi connectivity index (χ1n) is 9.02. The zero-order chi connectivity index (χ0) is 19.3. The lowest BCUT2D eigenvalue weighted by atomic mass is 10.2. The van der Waals surface area contributed by atoms with E-state index in [1.54, 1.807) is 37.6 Å². The highest BCUT2D eigenvalue weighted by Crippen LogP contribution is 2.16. The highest BCUT2D eigenvalue weighted by Gasteiger charge is 2.22. The first-order valence-corrected chi connectivity index (χ1v) is 10.5. The average Bonchev–Trinajstić information content (AvgIpc) is 2.69. The van der Waals surface area contributed by atoms with Crippen LogP contribution in [0.1, 0.15) is 6.92 Å². The number of nitrogens with one attached hydrogen (secondary N) is 1. The molecule has 1 saturated heterocycles. The zero-order valence-electron chi connectivity index (χ0n) is 15.7. The summed E-state index contributed by atoms with van der Waals surface area (Å²) in [7, 11) is -1.99. The average molecular weight is 391 g/mol. The lowest BCUT2D eigenvalue weighted by molar-refractivity contribution is 0.241. The van der Waals surface area contributed by atoms with Crippen molar-refractivity contribution >= 4 is 15.8 Å². The van der Waals surface area contributed by atoms with Gasteiger partial charge in [-0.25, -0.2) is 18.1 Å². The van der Waals surface area contributed by atoms with Crippen molar-refractivity contribution in [2.75, 3.05) is 44.7 Å². The van der Waals surface area contributed by atoms with Crippen molar-refractivity contribution in [3.8, 4) is 5.75 Å². The van der Waals surface area contributed by atoms with Gasteiger partial charge in [0.25, 0.3) is 0 Å². The summed E-state index contributed by atoms with van der Waals surface area (Å²) in [5.74, 6) is 1.62. The molecular weight excluding hydrogens is 364 g/mol. The Bertz CT molecular complexity index is 820. The first kappa shape index (κ1) is 19.6. The molecule has 0 aliphatic carbocycles. The second kappa shape index (κ2) is 8.69. The van der Waals surface area contributed by atoms with Crippen molar-refractivity contribution < 1.29 is 13.2 Å². The van der Waals surface area contributed by atoms with E-state index in [2.05, 4.69) is 19.5 Å². The maximum atomic E-state index is 12.5. The van der Waals surface area contributed by atoms with Crippen LogP contribution < -0.4 is 14.4 Å². The number of hydrogen-bond donors (Lipinski definition) is 1. The Morgan fingerprint density at radius 2 is 1.81 bits per heavy atom. The summed E-state index contributed by atoms with van der Waals surface area (Å²) in [6.45, 7) is 6.10. The summed E-state index contributed by atoms with van der Waals surface area (Å²) < 4.78 is 32.9. The predicted molar refractivity (Wildman–Crippen MR) is 106 cm³/mol. The molecule has 0 amide bonds. The molecule has 2 aromatic rings. The van der Waals surface area contributed by atoms with E-state index in [1.807, 2.05) is 25.1 Å². The standard InChI is InChI=1S/C19H26N4O3S/c1-16(21-27(24,25)18-8-6-17(26-2)7-9-18)15-22-11-13-23(14-12-22)19-5-3-4-10-20-19/h3-10,16,21H,11-15H2,1-2H3. The molecular formula is C19H26N4O3S. The number of piperazine rings is 1. The van der Waals surface area contributed by atoms with Gasteiger partial charge in [0, 0.05) is 45.0 Å². The molecule has 1 aromatic heterocycles. The van der Waals surface area contributed by atoms with E-state index in [4.69, 9.17) is 4.74 Å². The summed E-state index contributed by atoms with van der Waals surface area (Å²) in [4.78, 5) is 9.17. The second-order valence-electron chi connectivity index (χ2n) is 6.67. The van der Waals surface area contributed by atoms with Gasteiger partial charge in [-0.2, -0.15) is 0 Å². The van der Waals surface area contributed by atoms with Crippen LogP contribution in [0.15, 0.2) is 53.6 Å². The number of anilines is 1. The Balaban J connectivity index is 1.51. The number of aromatic nitrogens is 1. The van der Waals surface area contributed by atoms with E-state index >= 15 is 0 Å². The molecule has 1 aliphatic rings. The summed E-state index contributed by atoms with van der Waals surface area (Å²) >= 11 is 0. The fraction of sp³-hybridized carbons (Fsp3) is 0.421. The fourth-order valence-electron chi connectivity index (χ4n) is 3.21. The third-order valence-corrected chi connectivity index (χ3v) is 6.21. The summed E-state index contributed by atoms with van der Waals surface area (Å²) in [5, 5.41) is 0. The van der Waals surface area contributed by atoms with Crippen LogP contribution in [-0.2, 0) is 10.0 Å². The Morgan fingerprint density at radius 3 is 2.41 bits per heavy atom. The quantitative estimate of drug-likeness (QED) is 0.774. The van der Waals surface area contributed by atoms with E-state index in [9.17, 15) is 8.42 Å². The van der Waals surface area contributed by atoms with Crippen molar-refractivity contribution in [1.82, 2.24) is 14.6 Å². The molecule has 1 atom stereocenters. The first-order chi connectivity index (χ1) is 13.0. The van der Waals surface area contributed by atoms with Crippen molar-refractivity contribution in [3.63, 3.8) is 0 Å². The second-order valence-corrected chi connectivity index (χ2v) is 8.39. The minimum absolute atomic E-state index is 0.182. The number of methoxy groups -OCH3 is 1. The summed E-state index contributed by atoms with van der Waals surface area (Å²) in [6, 6.07) is 12.1. The van der Waals surface area contributed by atoms with Gasteiger partial charge >= 0.3 is 0 Å². The van der Waals surface area contributed by atoms with Gasteiger partial charge in [-0.1, -0.05) is 6.07 Å². The zero-order valence-corrected chi connectivity index (χ0v) is 16.5. The Hall–Kier alpha value is -2.16. The van der Waals surface area contributed by atoms with Gasteiger partial charge in [0.1, 0.15) is 11.6 Å². The third kappa shape index (κ3) is 5.18. The monoisotopic (exact) mass is 390 g/mol. The lowest BCUT2D eigenvalue weighted by Gasteiger charge is -2.36. The minimum Gasteiger partial charge on any atom is -0.497 e. The van der Waals surface area contributed by atoms with Crippen molar-refractivity contribution in [2.45, 2.75) is 17.9 Å². The molecule has 1 unspecified atom stereocenters. The van der Waals surface area contributed by atoms with Crippen LogP contribution in [0.2, 0.25) is 0 Å². The van der Waals surface area contributed by atoms with Crippen LogP contribution in [-0.4, -0.2) is 64.2 Å². The van der Waals surface area contributed by atoms with E-state index in [1.165, 1.54) is 0 Å². The molecule has 0 saturated carbocycles. The van der Waals surface area contributed by atoms with Crippen LogP contribution in [0.3, 0.4) is 0 Å². The summed E-state index contributed by atoms with van der Waals surface area (Å²) in [5.41, 5.74) is 0. The topological polar surface area (TPSA) is 74.8 Å². The molecule has 1 aliphatic heterocycles. The normalized spacial score (nSPS) is 16.9. The van der Waals surface area contributed by atoms with Gasteiger partial charge in [0.05, 0.1) is 12.0 Å². The maximum Gasteiger partial charge on any atom is 0.240 e. The van der Waals surface area contributed by atoms with E-state index in [-0.39, 0.29) is 10.9 Å². The number of rotatable bonds is 7. The number of ether oxygens (including phenoxy) is 1. The molecule has 1 fully saturated rings. The number of sulfonamides is 1. The van der Waals surface area contributed by atoms with E-state index in [0.29, 0.717) is 12.3 Å². The largest absolute Gasteiger partial charge is 0.497 e. The molecule has 0 radical (unpaired) electrons. The minimum atomic E-state index is -3.54. The Labute approximate surface area is 161 Å². The fourth-order valence-corrected chi connectivity index (χ4v) is 4.45. The number of nitrogens with zero attached hydrogens (tertiary/aromatic N) is 3. The van der Waals surface area contributed by atoms with Crippen LogP contribution in [0, 0.1) is 0 Å². The highest BCUT2D eigenvalue weighted by atomic mass is 32.2. The molecule has 27 heavy (non-hydrogen) atoms. The SMILES string of the molecule is COc1ccc(S(=O)(=O)NC(C)CN2CCN(c3ccccn3)CC2)cc1. The van der Waals surface area contributed by atoms with E-state index < -0.39 is 10.0 Å². The van der Waals surface area contributed by atoms with Crippen molar-refractivity contribution in [3.05, 3.63) is 48.7 Å². The van der Waals surface area contributed by atoms with Gasteiger partial charge in [0.15, 0.2) is 0 Å². The van der Waals surface area contributed by atoms with Gasteiger partial charge in [-0.05, 0) is 43.3 Å². The number of benzene rings is 1. The smallest absolute Gasteiger partial charge is 0.240 e.